The minimum Gasteiger partial charge on any atom is -0.352 e. The fourth-order valence-corrected chi connectivity index (χ4v) is 5.22. The normalized spacial score (nSPS) is 16.4. The lowest BCUT2D eigenvalue weighted by molar-refractivity contribution is 0.0955. The van der Waals surface area contributed by atoms with E-state index in [1.54, 1.807) is 11.3 Å². The fraction of sp³-hybridized carbons (Fsp3) is 0.478. The van der Waals surface area contributed by atoms with Gasteiger partial charge in [-0.05, 0) is 61.6 Å². The Kier molecular flexibility index (Phi) is 5.94. The maximum absolute atomic E-state index is 12.9. The lowest BCUT2D eigenvalue weighted by Gasteiger charge is -2.33. The number of anilines is 1. The maximum Gasteiger partial charge on any atom is 0.256 e. The molecule has 1 aromatic carbocycles. The number of aryl methyl sites for hydroxylation is 1. The largest absolute Gasteiger partial charge is 0.352 e. The average Bonchev–Trinajstić information content (AvgIpc) is 2.98. The highest BCUT2D eigenvalue weighted by Crippen LogP contribution is 2.44. The van der Waals surface area contributed by atoms with Crippen LogP contribution in [0.25, 0.3) is 0 Å². The fourth-order valence-electron chi connectivity index (χ4n) is 3.90. The summed E-state index contributed by atoms with van der Waals surface area (Å²) < 4.78 is 0. The van der Waals surface area contributed by atoms with Gasteiger partial charge in [-0.2, -0.15) is 0 Å². The van der Waals surface area contributed by atoms with Crippen molar-refractivity contribution in [2.45, 2.75) is 53.9 Å². The molecule has 3 rings (SSSR count). The smallest absolute Gasteiger partial charge is 0.256 e. The summed E-state index contributed by atoms with van der Waals surface area (Å²) in [4.78, 5) is 26.9. The van der Waals surface area contributed by atoms with Gasteiger partial charge in [0.25, 0.3) is 11.8 Å². The first kappa shape index (κ1) is 20.6. The Morgan fingerprint density at radius 2 is 1.89 bits per heavy atom. The molecule has 1 aromatic heterocycles. The van der Waals surface area contributed by atoms with E-state index in [1.807, 2.05) is 38.1 Å². The lowest BCUT2D eigenvalue weighted by Crippen LogP contribution is -2.28. The number of hydrogen-bond acceptors (Lipinski definition) is 3. The number of thiophene rings is 1. The number of nitrogens with one attached hydrogen (secondary N) is 2. The zero-order chi connectivity index (χ0) is 20.5. The third-order valence-electron chi connectivity index (χ3n) is 5.67. The molecule has 1 atom stereocenters. The van der Waals surface area contributed by atoms with E-state index in [0.29, 0.717) is 28.6 Å². The number of carbonyl (C=O) groups excluding carboxylic acids is 2. The molecule has 5 heteroatoms. The number of amides is 2. The predicted molar refractivity (Wildman–Crippen MR) is 116 cm³/mol. The van der Waals surface area contributed by atoms with E-state index < -0.39 is 0 Å². The third-order valence-corrected chi connectivity index (χ3v) is 6.84. The molecule has 0 radical (unpaired) electrons. The van der Waals surface area contributed by atoms with Crippen LogP contribution in [0.15, 0.2) is 24.3 Å². The summed E-state index contributed by atoms with van der Waals surface area (Å²) in [5.74, 6) is 0.338. The van der Waals surface area contributed by atoms with Gasteiger partial charge in [-0.25, -0.2) is 0 Å². The van der Waals surface area contributed by atoms with Crippen LogP contribution >= 0.6 is 11.3 Å². The summed E-state index contributed by atoms with van der Waals surface area (Å²) >= 11 is 1.57. The molecule has 0 bridgehead atoms. The van der Waals surface area contributed by atoms with Gasteiger partial charge in [0.15, 0.2) is 0 Å². The molecule has 4 nitrogen and oxygen atoms in total. The van der Waals surface area contributed by atoms with Crippen molar-refractivity contribution in [1.29, 1.82) is 0 Å². The molecule has 1 aliphatic rings. The second kappa shape index (κ2) is 8.08. The minimum atomic E-state index is -0.158. The standard InChI is InChI=1S/C23H30N2O2S/c1-6-24-21(27)19-17-12-11-15(23(3,4)5)13-18(17)28-22(19)25-20(26)16-10-8-7-9-14(16)2/h7-10,15H,6,11-13H2,1-5H3,(H,24,27)(H,25,26)/t15-/m1/s1. The molecule has 0 unspecified atom stereocenters. The first-order valence-corrected chi connectivity index (χ1v) is 10.8. The Balaban J connectivity index is 1.96. The molecule has 0 fully saturated rings. The number of rotatable bonds is 4. The third kappa shape index (κ3) is 4.14. The molecule has 2 N–H and O–H groups in total. The summed E-state index contributed by atoms with van der Waals surface area (Å²) in [6.45, 7) is 11.2. The van der Waals surface area contributed by atoms with Gasteiger partial charge in [0, 0.05) is 17.0 Å². The van der Waals surface area contributed by atoms with Crippen LogP contribution in [0.4, 0.5) is 5.00 Å². The molecular weight excluding hydrogens is 368 g/mol. The molecule has 150 valence electrons. The highest BCUT2D eigenvalue weighted by Gasteiger charge is 2.34. The Hall–Kier alpha value is -2.14. The van der Waals surface area contributed by atoms with Crippen molar-refractivity contribution in [3.63, 3.8) is 0 Å². The van der Waals surface area contributed by atoms with Crippen LogP contribution in [-0.4, -0.2) is 18.4 Å². The van der Waals surface area contributed by atoms with Gasteiger partial charge in [0.2, 0.25) is 0 Å². The van der Waals surface area contributed by atoms with Crippen molar-refractivity contribution >= 4 is 28.2 Å². The van der Waals surface area contributed by atoms with E-state index in [0.717, 1.165) is 30.4 Å². The van der Waals surface area contributed by atoms with Gasteiger partial charge in [-0.1, -0.05) is 39.0 Å². The molecule has 0 saturated heterocycles. The van der Waals surface area contributed by atoms with E-state index in [2.05, 4.69) is 31.4 Å². The van der Waals surface area contributed by atoms with E-state index in [4.69, 9.17) is 0 Å². The van der Waals surface area contributed by atoms with Crippen LogP contribution in [0.1, 0.15) is 70.8 Å². The molecule has 1 heterocycles. The molecule has 28 heavy (non-hydrogen) atoms. The summed E-state index contributed by atoms with van der Waals surface area (Å²) in [5.41, 5.74) is 3.59. The van der Waals surface area contributed by atoms with E-state index in [-0.39, 0.29) is 17.2 Å². The quantitative estimate of drug-likeness (QED) is 0.743. The minimum absolute atomic E-state index is 0.0886. The number of fused-ring (bicyclic) bond motifs is 1. The zero-order valence-corrected chi connectivity index (χ0v) is 18.3. The molecule has 2 amide bonds. The van der Waals surface area contributed by atoms with Crippen LogP contribution < -0.4 is 10.6 Å². The van der Waals surface area contributed by atoms with Crippen LogP contribution in [0.5, 0.6) is 0 Å². The monoisotopic (exact) mass is 398 g/mol. The Morgan fingerprint density at radius 3 is 2.54 bits per heavy atom. The second-order valence-electron chi connectivity index (χ2n) is 8.64. The zero-order valence-electron chi connectivity index (χ0n) is 17.4. The van der Waals surface area contributed by atoms with Crippen molar-refractivity contribution in [3.8, 4) is 0 Å². The topological polar surface area (TPSA) is 58.2 Å². The molecule has 0 spiro atoms. The molecule has 1 aliphatic carbocycles. The molecular formula is C23H30N2O2S. The van der Waals surface area contributed by atoms with Crippen molar-refractivity contribution in [2.24, 2.45) is 11.3 Å². The van der Waals surface area contributed by atoms with Gasteiger partial charge in [0.05, 0.1) is 5.56 Å². The SMILES string of the molecule is CCNC(=O)c1c(NC(=O)c2ccccc2C)sc2c1CC[C@@H](C(C)(C)C)C2. The maximum atomic E-state index is 12.9. The van der Waals surface area contributed by atoms with Crippen molar-refractivity contribution in [1.82, 2.24) is 5.32 Å². The molecule has 0 saturated carbocycles. The Labute approximate surface area is 171 Å². The highest BCUT2D eigenvalue weighted by molar-refractivity contribution is 7.17. The lowest BCUT2D eigenvalue weighted by atomic mass is 9.72. The number of benzene rings is 1. The second-order valence-corrected chi connectivity index (χ2v) is 9.75. The first-order chi connectivity index (χ1) is 13.2. The van der Waals surface area contributed by atoms with Gasteiger partial charge >= 0.3 is 0 Å². The van der Waals surface area contributed by atoms with E-state index in [1.165, 1.54) is 4.88 Å². The Bertz CT molecular complexity index is 892. The summed E-state index contributed by atoms with van der Waals surface area (Å²) in [5, 5.41) is 6.64. The first-order valence-electron chi connectivity index (χ1n) is 10.0. The summed E-state index contributed by atoms with van der Waals surface area (Å²) in [6.07, 6.45) is 2.93. The predicted octanol–water partition coefficient (Wildman–Crippen LogP) is 5.21. The molecule has 2 aromatic rings. The average molecular weight is 399 g/mol. The highest BCUT2D eigenvalue weighted by atomic mass is 32.1. The summed E-state index contributed by atoms with van der Waals surface area (Å²) in [6, 6.07) is 7.52. The van der Waals surface area contributed by atoms with Crippen LogP contribution in [-0.2, 0) is 12.8 Å². The van der Waals surface area contributed by atoms with Gasteiger partial charge in [-0.3, -0.25) is 9.59 Å². The van der Waals surface area contributed by atoms with Gasteiger partial charge < -0.3 is 10.6 Å². The van der Waals surface area contributed by atoms with Gasteiger partial charge in [-0.15, -0.1) is 11.3 Å². The van der Waals surface area contributed by atoms with E-state index >= 15 is 0 Å². The van der Waals surface area contributed by atoms with Crippen LogP contribution in [0, 0.1) is 18.3 Å². The van der Waals surface area contributed by atoms with Gasteiger partial charge in [0.1, 0.15) is 5.00 Å². The summed E-state index contributed by atoms with van der Waals surface area (Å²) in [7, 11) is 0. The molecule has 0 aliphatic heterocycles. The van der Waals surface area contributed by atoms with Crippen molar-refractivity contribution in [2.75, 3.05) is 11.9 Å². The van der Waals surface area contributed by atoms with Crippen LogP contribution in [0.3, 0.4) is 0 Å². The van der Waals surface area contributed by atoms with Crippen molar-refractivity contribution < 1.29 is 9.59 Å². The van der Waals surface area contributed by atoms with Crippen LogP contribution in [0.2, 0.25) is 0 Å². The van der Waals surface area contributed by atoms with E-state index in [9.17, 15) is 9.59 Å². The Morgan fingerprint density at radius 1 is 1.18 bits per heavy atom. The number of carbonyl (C=O) groups is 2. The van der Waals surface area contributed by atoms with Crippen molar-refractivity contribution in [3.05, 3.63) is 51.4 Å². The number of hydrogen-bond donors (Lipinski definition) is 2.